The van der Waals surface area contributed by atoms with Gasteiger partial charge in [-0.05, 0) is 32.0 Å². The fourth-order valence-corrected chi connectivity index (χ4v) is 1.39. The molecule has 56 valence electrons. The monoisotopic (exact) mass is 137 g/mol. The molecule has 0 aromatic carbocycles. The lowest BCUT2D eigenvalue weighted by Gasteiger charge is -2.01. The van der Waals surface area contributed by atoms with Gasteiger partial charge in [-0.1, -0.05) is 12.2 Å². The molecule has 0 unspecified atom stereocenters. The van der Waals surface area contributed by atoms with Crippen molar-refractivity contribution in [2.24, 2.45) is 0 Å². The Morgan fingerprint density at radius 2 is 1.50 bits per heavy atom. The van der Waals surface area contributed by atoms with Crippen molar-refractivity contribution in [3.8, 4) is 0 Å². The van der Waals surface area contributed by atoms with Gasteiger partial charge < -0.3 is 0 Å². The topological polar surface area (TPSA) is 3.24 Å². The fourth-order valence-electron chi connectivity index (χ4n) is 1.39. The molecule has 0 aromatic heterocycles. The smallest absolute Gasteiger partial charge is 0.0234 e. The van der Waals surface area contributed by atoms with Crippen molar-refractivity contribution in [1.29, 1.82) is 0 Å². The molecular weight excluding hydrogens is 122 g/mol. The minimum Gasteiger partial charge on any atom is -0.298 e. The van der Waals surface area contributed by atoms with Crippen LogP contribution in [0.5, 0.6) is 0 Å². The highest BCUT2D eigenvalue weighted by molar-refractivity contribution is 5.36. The number of allylic oxidation sites excluding steroid dienone is 2. The standard InChI is InChI=1S/C9H15N/c1-4-8-6-10(3)7-9(8)5-2/h4-5H,6-7H2,1-3H3/b8-4-,9-5-. The number of hydrogen-bond donors (Lipinski definition) is 0. The van der Waals surface area contributed by atoms with Gasteiger partial charge in [0.05, 0.1) is 0 Å². The average molecular weight is 137 g/mol. The molecule has 0 bridgehead atoms. The maximum atomic E-state index is 2.32. The number of rotatable bonds is 0. The first-order valence-electron chi connectivity index (χ1n) is 3.77. The van der Waals surface area contributed by atoms with Gasteiger partial charge in [-0.3, -0.25) is 4.90 Å². The van der Waals surface area contributed by atoms with Crippen LogP contribution < -0.4 is 0 Å². The molecule has 0 radical (unpaired) electrons. The number of hydrogen-bond acceptors (Lipinski definition) is 1. The lowest BCUT2D eigenvalue weighted by molar-refractivity contribution is 0.437. The van der Waals surface area contributed by atoms with Crippen molar-refractivity contribution in [3.63, 3.8) is 0 Å². The van der Waals surface area contributed by atoms with E-state index in [0.29, 0.717) is 0 Å². The van der Waals surface area contributed by atoms with Gasteiger partial charge in [0.25, 0.3) is 0 Å². The average Bonchev–Trinajstić information content (AvgIpc) is 2.30. The third-order valence-electron chi connectivity index (χ3n) is 1.99. The van der Waals surface area contributed by atoms with Crippen molar-refractivity contribution in [2.75, 3.05) is 20.1 Å². The van der Waals surface area contributed by atoms with Crippen LogP contribution in [0, 0.1) is 0 Å². The molecule has 0 N–H and O–H groups in total. The van der Waals surface area contributed by atoms with E-state index in [4.69, 9.17) is 0 Å². The third-order valence-corrected chi connectivity index (χ3v) is 1.99. The summed E-state index contributed by atoms with van der Waals surface area (Å²) in [6, 6.07) is 0. The zero-order chi connectivity index (χ0) is 7.56. The van der Waals surface area contributed by atoms with Gasteiger partial charge in [0.2, 0.25) is 0 Å². The molecule has 1 heterocycles. The van der Waals surface area contributed by atoms with E-state index >= 15 is 0 Å². The Morgan fingerprint density at radius 1 is 1.10 bits per heavy atom. The van der Waals surface area contributed by atoms with Gasteiger partial charge in [0.1, 0.15) is 0 Å². The molecule has 1 rings (SSSR count). The molecule has 1 saturated heterocycles. The number of likely N-dealkylation sites (tertiary alicyclic amines) is 1. The number of nitrogens with zero attached hydrogens (tertiary/aromatic N) is 1. The van der Waals surface area contributed by atoms with Crippen LogP contribution in [0.4, 0.5) is 0 Å². The molecule has 1 fully saturated rings. The maximum absolute atomic E-state index is 2.32. The van der Waals surface area contributed by atoms with E-state index < -0.39 is 0 Å². The van der Waals surface area contributed by atoms with Crippen molar-refractivity contribution in [2.45, 2.75) is 13.8 Å². The molecule has 1 nitrogen and oxygen atoms in total. The molecule has 1 aliphatic rings. The molecule has 0 aliphatic carbocycles. The van der Waals surface area contributed by atoms with E-state index in [1.165, 1.54) is 11.1 Å². The van der Waals surface area contributed by atoms with Gasteiger partial charge >= 0.3 is 0 Å². The van der Waals surface area contributed by atoms with Crippen LogP contribution in [0.15, 0.2) is 23.3 Å². The minimum atomic E-state index is 1.12. The first kappa shape index (κ1) is 7.55. The van der Waals surface area contributed by atoms with Crippen LogP contribution in [0.25, 0.3) is 0 Å². The van der Waals surface area contributed by atoms with Crippen LogP contribution in [-0.4, -0.2) is 25.0 Å². The van der Waals surface area contributed by atoms with E-state index in [1.54, 1.807) is 0 Å². The zero-order valence-electron chi connectivity index (χ0n) is 7.02. The van der Waals surface area contributed by atoms with Crippen molar-refractivity contribution in [3.05, 3.63) is 23.3 Å². The normalized spacial score (nSPS) is 28.7. The second-order valence-electron chi connectivity index (χ2n) is 2.80. The van der Waals surface area contributed by atoms with Crippen molar-refractivity contribution in [1.82, 2.24) is 4.90 Å². The molecule has 10 heavy (non-hydrogen) atoms. The van der Waals surface area contributed by atoms with Gasteiger partial charge in [0.15, 0.2) is 0 Å². The molecule has 0 amide bonds. The Morgan fingerprint density at radius 3 is 1.80 bits per heavy atom. The first-order valence-corrected chi connectivity index (χ1v) is 3.77. The van der Waals surface area contributed by atoms with Crippen LogP contribution >= 0.6 is 0 Å². The van der Waals surface area contributed by atoms with Crippen LogP contribution in [-0.2, 0) is 0 Å². The molecule has 1 heteroatoms. The molecular formula is C9H15N. The fraction of sp³-hybridized carbons (Fsp3) is 0.556. The largest absolute Gasteiger partial charge is 0.298 e. The first-order chi connectivity index (χ1) is 4.77. The lowest BCUT2D eigenvalue weighted by Crippen LogP contribution is -2.11. The van der Waals surface area contributed by atoms with Gasteiger partial charge in [-0.25, -0.2) is 0 Å². The van der Waals surface area contributed by atoms with Gasteiger partial charge in [-0.2, -0.15) is 0 Å². The second-order valence-corrected chi connectivity index (χ2v) is 2.80. The highest BCUT2D eigenvalue weighted by Crippen LogP contribution is 2.19. The molecule has 0 spiro atoms. The van der Waals surface area contributed by atoms with Crippen LogP contribution in [0.3, 0.4) is 0 Å². The van der Waals surface area contributed by atoms with Crippen LogP contribution in [0.1, 0.15) is 13.8 Å². The second kappa shape index (κ2) is 3.02. The Hall–Kier alpha value is -0.560. The van der Waals surface area contributed by atoms with Crippen molar-refractivity contribution >= 4 is 0 Å². The highest BCUT2D eigenvalue weighted by atomic mass is 15.1. The third kappa shape index (κ3) is 1.29. The molecule has 1 aliphatic heterocycles. The van der Waals surface area contributed by atoms with E-state index in [1.807, 2.05) is 0 Å². The Labute approximate surface area is 63.0 Å². The summed E-state index contributed by atoms with van der Waals surface area (Å²) in [6.45, 7) is 6.46. The van der Waals surface area contributed by atoms with E-state index in [9.17, 15) is 0 Å². The molecule has 0 atom stereocenters. The predicted molar refractivity (Wildman–Crippen MR) is 45.0 cm³/mol. The summed E-state index contributed by atoms with van der Waals surface area (Å²) in [7, 11) is 2.15. The quantitative estimate of drug-likeness (QED) is 0.492. The summed E-state index contributed by atoms with van der Waals surface area (Å²) in [5.41, 5.74) is 2.98. The summed E-state index contributed by atoms with van der Waals surface area (Å²) in [6.07, 6.45) is 4.41. The highest BCUT2D eigenvalue weighted by Gasteiger charge is 2.15. The van der Waals surface area contributed by atoms with Crippen molar-refractivity contribution < 1.29 is 0 Å². The van der Waals surface area contributed by atoms with Crippen LogP contribution in [0.2, 0.25) is 0 Å². The summed E-state index contributed by atoms with van der Waals surface area (Å²) in [4.78, 5) is 2.32. The van der Waals surface area contributed by atoms with Gasteiger partial charge in [-0.15, -0.1) is 0 Å². The summed E-state index contributed by atoms with van der Waals surface area (Å²) in [5, 5.41) is 0. The van der Waals surface area contributed by atoms with E-state index in [-0.39, 0.29) is 0 Å². The Kier molecular flexibility index (Phi) is 2.28. The summed E-state index contributed by atoms with van der Waals surface area (Å²) < 4.78 is 0. The van der Waals surface area contributed by atoms with E-state index in [2.05, 4.69) is 37.9 Å². The zero-order valence-corrected chi connectivity index (χ0v) is 7.02. The Bertz CT molecular complexity index is 157. The maximum Gasteiger partial charge on any atom is 0.0234 e. The lowest BCUT2D eigenvalue weighted by atomic mass is 10.1. The minimum absolute atomic E-state index is 1.12. The molecule has 0 aromatic rings. The predicted octanol–water partition coefficient (Wildman–Crippen LogP) is 1.82. The van der Waals surface area contributed by atoms with E-state index in [0.717, 1.165) is 13.1 Å². The summed E-state index contributed by atoms with van der Waals surface area (Å²) in [5.74, 6) is 0. The SMILES string of the molecule is C/C=C1/CN(C)C/C1=C/C. The molecule has 0 saturated carbocycles. The Balaban J connectivity index is 2.77. The van der Waals surface area contributed by atoms with Gasteiger partial charge in [0, 0.05) is 13.1 Å². The summed E-state index contributed by atoms with van der Waals surface area (Å²) >= 11 is 0. The number of likely N-dealkylation sites (N-methyl/N-ethyl adjacent to an activating group) is 1.